The van der Waals surface area contributed by atoms with Crippen LogP contribution in [0.2, 0.25) is 0 Å². The van der Waals surface area contributed by atoms with Crippen LogP contribution in [0.15, 0.2) is 0 Å². The van der Waals surface area contributed by atoms with Crippen molar-refractivity contribution in [1.82, 2.24) is 0 Å². The van der Waals surface area contributed by atoms with Gasteiger partial charge in [0.05, 0.1) is 26.4 Å². The Morgan fingerprint density at radius 2 is 0.580 bits per heavy atom. The summed E-state index contributed by atoms with van der Waals surface area (Å²) in [6.45, 7) is 9.46. The first-order valence-electron chi connectivity index (χ1n) is 36.0. The van der Waals surface area contributed by atoms with E-state index in [1.165, 1.54) is 161 Å². The Labute approximate surface area is 537 Å². The van der Waals surface area contributed by atoms with Crippen molar-refractivity contribution in [2.24, 2.45) is 11.8 Å². The second kappa shape index (κ2) is 61.3. The minimum atomic E-state index is -4.95. The molecule has 0 saturated carbocycles. The van der Waals surface area contributed by atoms with Gasteiger partial charge in [0.2, 0.25) is 0 Å². The molecule has 0 rings (SSSR count). The molecule has 522 valence electrons. The number of ether oxygens (including phenoxy) is 4. The van der Waals surface area contributed by atoms with Gasteiger partial charge in [-0.1, -0.05) is 298 Å². The summed E-state index contributed by atoms with van der Waals surface area (Å²) in [5.74, 6) is -0.669. The zero-order valence-electron chi connectivity index (χ0n) is 57.0. The van der Waals surface area contributed by atoms with Crippen molar-refractivity contribution in [3.63, 3.8) is 0 Å². The molecule has 0 aromatic carbocycles. The standard InChI is InChI=1S/C69H134O17P2/c1-7-10-12-14-16-18-20-21-22-23-24-26-28-34-42-48-54-69(74)85-64(57-79-66(71)51-45-39-32-30-29-31-37-43-49-61(4)5)59-83-87(75,76)81-55-63(70)56-82-88(77,78)84-60-65(58-80-67(72)52-46-40-36-35-38-44-50-62(6)9-3)86-68(73)53-47-41-33-27-25-19-17-15-13-11-8-2/h61-65,70H,7-60H2,1-6H3,(H,75,76)(H,77,78)/t62?,63-,64-,65-/m1/s1. The molecule has 19 heteroatoms. The molecular formula is C69H134O17P2. The van der Waals surface area contributed by atoms with Crippen LogP contribution in [0, 0.1) is 11.8 Å². The van der Waals surface area contributed by atoms with Crippen molar-refractivity contribution >= 4 is 39.5 Å². The van der Waals surface area contributed by atoms with Gasteiger partial charge in [-0.25, -0.2) is 9.13 Å². The lowest BCUT2D eigenvalue weighted by Crippen LogP contribution is -2.30. The molecule has 0 aromatic heterocycles. The molecule has 0 heterocycles. The normalized spacial score (nSPS) is 14.5. The molecule has 3 N–H and O–H groups in total. The molecule has 88 heavy (non-hydrogen) atoms. The van der Waals surface area contributed by atoms with E-state index in [9.17, 15) is 43.2 Å². The van der Waals surface area contributed by atoms with Crippen molar-refractivity contribution in [3.05, 3.63) is 0 Å². The highest BCUT2D eigenvalue weighted by molar-refractivity contribution is 7.47. The predicted octanol–water partition coefficient (Wildman–Crippen LogP) is 19.6. The molecule has 6 atom stereocenters. The summed E-state index contributed by atoms with van der Waals surface area (Å²) in [6.07, 6.45) is 45.8. The highest BCUT2D eigenvalue weighted by Gasteiger charge is 2.30. The van der Waals surface area contributed by atoms with Crippen LogP contribution >= 0.6 is 15.6 Å². The smallest absolute Gasteiger partial charge is 0.462 e. The number of carbonyl (C=O) groups excluding carboxylic acids is 4. The summed E-state index contributed by atoms with van der Waals surface area (Å²) < 4.78 is 68.2. The summed E-state index contributed by atoms with van der Waals surface area (Å²) in [5.41, 5.74) is 0. The first-order chi connectivity index (χ1) is 42.4. The lowest BCUT2D eigenvalue weighted by atomic mass is 10.00. The van der Waals surface area contributed by atoms with Crippen molar-refractivity contribution in [2.75, 3.05) is 39.6 Å². The van der Waals surface area contributed by atoms with Crippen molar-refractivity contribution in [3.8, 4) is 0 Å². The fraction of sp³-hybridized carbons (Fsp3) is 0.942. The largest absolute Gasteiger partial charge is 0.472 e. The maximum Gasteiger partial charge on any atom is 0.472 e. The predicted molar refractivity (Wildman–Crippen MR) is 354 cm³/mol. The Hall–Kier alpha value is -1.94. The molecule has 17 nitrogen and oxygen atoms in total. The third kappa shape index (κ3) is 61.6. The number of hydrogen-bond donors (Lipinski definition) is 3. The van der Waals surface area contributed by atoms with Crippen LogP contribution in [0.25, 0.3) is 0 Å². The number of esters is 4. The lowest BCUT2D eigenvalue weighted by Gasteiger charge is -2.21. The quantitative estimate of drug-likeness (QED) is 0.0222. The average Bonchev–Trinajstić information content (AvgIpc) is 3.60. The molecule has 0 saturated heterocycles. The van der Waals surface area contributed by atoms with Gasteiger partial charge in [-0.05, 0) is 37.5 Å². The average molecular weight is 1300 g/mol. The van der Waals surface area contributed by atoms with Crippen LogP contribution in [-0.2, 0) is 65.4 Å². The first kappa shape index (κ1) is 86.1. The van der Waals surface area contributed by atoms with E-state index in [-0.39, 0.29) is 25.7 Å². The lowest BCUT2D eigenvalue weighted by molar-refractivity contribution is -0.161. The van der Waals surface area contributed by atoms with Gasteiger partial charge in [-0.3, -0.25) is 37.3 Å². The molecule has 0 amide bonds. The van der Waals surface area contributed by atoms with Crippen molar-refractivity contribution in [2.45, 2.75) is 368 Å². The number of aliphatic hydroxyl groups excluding tert-OH is 1. The molecule has 0 fully saturated rings. The van der Waals surface area contributed by atoms with Gasteiger partial charge < -0.3 is 33.8 Å². The maximum atomic E-state index is 13.0. The van der Waals surface area contributed by atoms with E-state index < -0.39 is 97.5 Å². The molecule has 0 aliphatic rings. The zero-order valence-corrected chi connectivity index (χ0v) is 58.8. The summed E-state index contributed by atoms with van der Waals surface area (Å²) in [4.78, 5) is 72.5. The van der Waals surface area contributed by atoms with Crippen LogP contribution in [0.5, 0.6) is 0 Å². The number of rotatable bonds is 68. The van der Waals surface area contributed by atoms with Gasteiger partial charge in [0.1, 0.15) is 19.3 Å². The van der Waals surface area contributed by atoms with E-state index in [0.29, 0.717) is 25.7 Å². The molecule has 0 spiro atoms. The third-order valence-electron chi connectivity index (χ3n) is 16.3. The van der Waals surface area contributed by atoms with Gasteiger partial charge in [0.15, 0.2) is 12.2 Å². The second-order valence-corrected chi connectivity index (χ2v) is 28.5. The van der Waals surface area contributed by atoms with Crippen LogP contribution in [0.3, 0.4) is 0 Å². The fourth-order valence-electron chi connectivity index (χ4n) is 10.4. The van der Waals surface area contributed by atoms with E-state index in [0.717, 1.165) is 108 Å². The van der Waals surface area contributed by atoms with E-state index in [2.05, 4.69) is 41.5 Å². The topological polar surface area (TPSA) is 237 Å². The highest BCUT2D eigenvalue weighted by atomic mass is 31.2. The van der Waals surface area contributed by atoms with Crippen molar-refractivity contribution in [1.29, 1.82) is 0 Å². The monoisotopic (exact) mass is 1300 g/mol. The van der Waals surface area contributed by atoms with Crippen LogP contribution in [0.1, 0.15) is 350 Å². The Morgan fingerprint density at radius 3 is 0.864 bits per heavy atom. The number of phosphoric acid groups is 2. The molecule has 0 aliphatic heterocycles. The van der Waals surface area contributed by atoms with Gasteiger partial charge in [-0.15, -0.1) is 0 Å². The van der Waals surface area contributed by atoms with E-state index in [1.807, 2.05) is 0 Å². The summed E-state index contributed by atoms with van der Waals surface area (Å²) in [6, 6.07) is 0. The van der Waals surface area contributed by atoms with Gasteiger partial charge >= 0.3 is 39.5 Å². The minimum Gasteiger partial charge on any atom is -0.462 e. The van der Waals surface area contributed by atoms with E-state index >= 15 is 0 Å². The van der Waals surface area contributed by atoms with Crippen molar-refractivity contribution < 1.29 is 80.2 Å². The molecule has 0 bridgehead atoms. The summed E-state index contributed by atoms with van der Waals surface area (Å²) in [5, 5.41) is 10.6. The summed E-state index contributed by atoms with van der Waals surface area (Å²) in [7, 11) is -9.90. The van der Waals surface area contributed by atoms with Crippen LogP contribution in [0.4, 0.5) is 0 Å². The number of aliphatic hydroxyl groups is 1. The first-order valence-corrected chi connectivity index (χ1v) is 39.0. The van der Waals surface area contributed by atoms with E-state index in [4.69, 9.17) is 37.0 Å². The van der Waals surface area contributed by atoms with Gasteiger partial charge in [0.25, 0.3) is 0 Å². The fourth-order valence-corrected chi connectivity index (χ4v) is 12.0. The van der Waals surface area contributed by atoms with Gasteiger partial charge in [-0.2, -0.15) is 0 Å². The van der Waals surface area contributed by atoms with Gasteiger partial charge in [0, 0.05) is 25.7 Å². The number of carbonyl (C=O) groups is 4. The second-order valence-electron chi connectivity index (χ2n) is 25.6. The minimum absolute atomic E-state index is 0.106. The SMILES string of the molecule is CCCCCCCCCCCCCCCCCCC(=O)O[C@H](COC(=O)CCCCCCCCCCC(C)C)COP(=O)(O)OC[C@@H](O)COP(=O)(O)OC[C@@H](COC(=O)CCCCCCCCC(C)CC)OC(=O)CCCCCCCCCCCCC. The number of unbranched alkanes of at least 4 members (excludes halogenated alkanes) is 37. The van der Waals surface area contributed by atoms with Crippen LogP contribution in [-0.4, -0.2) is 96.7 Å². The van der Waals surface area contributed by atoms with E-state index in [1.54, 1.807) is 0 Å². The molecular weight excluding hydrogens is 1160 g/mol. The molecule has 0 radical (unpaired) electrons. The number of phosphoric ester groups is 2. The zero-order chi connectivity index (χ0) is 65.0. The Bertz CT molecular complexity index is 1720. The Kier molecular flexibility index (Phi) is 59.9. The summed E-state index contributed by atoms with van der Waals surface area (Å²) >= 11 is 0. The molecule has 0 aliphatic carbocycles. The Balaban J connectivity index is 5.24. The third-order valence-corrected chi connectivity index (χ3v) is 18.2. The molecule has 3 unspecified atom stereocenters. The Morgan fingerprint density at radius 1 is 0.330 bits per heavy atom. The van der Waals surface area contributed by atoms with Crippen LogP contribution < -0.4 is 0 Å². The molecule has 0 aromatic rings. The highest BCUT2D eigenvalue weighted by Crippen LogP contribution is 2.45. The maximum absolute atomic E-state index is 13.0. The number of hydrogen-bond acceptors (Lipinski definition) is 15.